The Bertz CT molecular complexity index is 1280. The van der Waals surface area contributed by atoms with Gasteiger partial charge in [-0.25, -0.2) is 0 Å². The third-order valence-corrected chi connectivity index (χ3v) is 6.14. The second-order valence-corrected chi connectivity index (χ2v) is 10.2. The van der Waals surface area contributed by atoms with Crippen LogP contribution in [0.4, 0.5) is 0 Å². The van der Waals surface area contributed by atoms with Crippen molar-refractivity contribution in [3.8, 4) is 28.1 Å². The smallest absolute Gasteiger partial charge is 0.203 e. The van der Waals surface area contributed by atoms with E-state index in [0.717, 1.165) is 29.4 Å². The number of aromatic nitrogens is 6. The van der Waals surface area contributed by atoms with Crippen molar-refractivity contribution < 1.29 is 5.11 Å². The summed E-state index contributed by atoms with van der Waals surface area (Å²) in [4.78, 5) is 0. The molecule has 0 amide bonds. The van der Waals surface area contributed by atoms with Crippen molar-refractivity contribution in [2.45, 2.75) is 57.7 Å². The van der Waals surface area contributed by atoms with E-state index >= 15 is 0 Å². The van der Waals surface area contributed by atoms with E-state index < -0.39 is 0 Å². The molecule has 2 N–H and O–H groups in total. The molecule has 4 aromatic rings. The van der Waals surface area contributed by atoms with Crippen molar-refractivity contribution >= 4 is 11.0 Å². The minimum absolute atomic E-state index is 0.0310. The lowest BCUT2D eigenvalue weighted by atomic mass is 9.80. The monoisotopic (exact) mass is 431 g/mol. The number of benzene rings is 1. The minimum atomic E-state index is 0.0310. The molecular formula is C24H29N7O. The van der Waals surface area contributed by atoms with Crippen molar-refractivity contribution in [1.29, 1.82) is 0 Å². The molecule has 1 aromatic carbocycles. The van der Waals surface area contributed by atoms with Gasteiger partial charge in [-0.1, -0.05) is 6.07 Å². The number of hydrogen-bond acceptors (Lipinski definition) is 6. The highest BCUT2D eigenvalue weighted by Gasteiger charge is 2.38. The van der Waals surface area contributed by atoms with Crippen LogP contribution in [0.1, 0.15) is 46.6 Å². The zero-order valence-electron chi connectivity index (χ0n) is 19.2. The quantitative estimate of drug-likeness (QED) is 0.508. The van der Waals surface area contributed by atoms with E-state index in [9.17, 15) is 5.11 Å². The van der Waals surface area contributed by atoms with Gasteiger partial charge in [0.1, 0.15) is 5.75 Å². The topological polar surface area (TPSA) is 93.7 Å². The van der Waals surface area contributed by atoms with Crippen LogP contribution in [0.2, 0.25) is 0 Å². The summed E-state index contributed by atoms with van der Waals surface area (Å²) >= 11 is 0. The maximum absolute atomic E-state index is 10.7. The summed E-state index contributed by atoms with van der Waals surface area (Å²) in [6, 6.07) is 7.80. The average molecular weight is 432 g/mol. The lowest BCUT2D eigenvalue weighted by Gasteiger charge is -2.46. The Balaban J connectivity index is 1.47. The van der Waals surface area contributed by atoms with E-state index in [1.54, 1.807) is 16.9 Å². The summed E-state index contributed by atoms with van der Waals surface area (Å²) in [6.07, 6.45) is 7.72. The third-order valence-electron chi connectivity index (χ3n) is 6.14. The molecule has 5 rings (SSSR count). The fraction of sp³-hybridized carbons (Fsp3) is 0.417. The third kappa shape index (κ3) is 3.86. The van der Waals surface area contributed by atoms with Gasteiger partial charge in [-0.15, -0.1) is 10.2 Å². The zero-order valence-corrected chi connectivity index (χ0v) is 19.2. The van der Waals surface area contributed by atoms with Gasteiger partial charge in [-0.2, -0.15) is 10.2 Å². The van der Waals surface area contributed by atoms with Crippen molar-refractivity contribution in [3.63, 3.8) is 0 Å². The lowest BCUT2D eigenvalue weighted by molar-refractivity contribution is 0.126. The first-order valence-electron chi connectivity index (χ1n) is 10.9. The van der Waals surface area contributed by atoms with Gasteiger partial charge in [-0.05, 0) is 64.3 Å². The molecule has 8 heteroatoms. The molecule has 1 aliphatic heterocycles. The molecule has 1 saturated heterocycles. The number of phenols is 1. The number of piperidine rings is 1. The largest absolute Gasteiger partial charge is 0.507 e. The molecule has 0 spiro atoms. The standard InChI is InChI=1S/C24H29N7O/c1-23(2)10-18(11-24(3,4)29-23)31-14-16-8-20(26-27-22(16)28-31)19-7-6-15(9-21(19)32)17-12-25-30(5)13-17/h6-9,12-14,18,29,32H,10-11H2,1-5H3. The van der Waals surface area contributed by atoms with Crippen molar-refractivity contribution in [1.82, 2.24) is 35.1 Å². The van der Waals surface area contributed by atoms with Gasteiger partial charge in [0.05, 0.1) is 17.9 Å². The molecule has 32 heavy (non-hydrogen) atoms. The van der Waals surface area contributed by atoms with Crippen molar-refractivity contribution in [3.05, 3.63) is 42.9 Å². The van der Waals surface area contributed by atoms with Crippen LogP contribution in [-0.4, -0.2) is 45.9 Å². The molecule has 3 aromatic heterocycles. The number of aryl methyl sites for hydroxylation is 1. The Morgan fingerprint density at radius 2 is 1.75 bits per heavy atom. The summed E-state index contributed by atoms with van der Waals surface area (Å²) in [7, 11) is 1.87. The van der Waals surface area contributed by atoms with Gasteiger partial charge >= 0.3 is 0 Å². The predicted octanol–water partition coefficient (Wildman–Crippen LogP) is 4.08. The molecule has 1 fully saturated rings. The van der Waals surface area contributed by atoms with Gasteiger partial charge < -0.3 is 10.4 Å². The molecule has 0 radical (unpaired) electrons. The van der Waals surface area contributed by atoms with E-state index in [-0.39, 0.29) is 22.9 Å². The van der Waals surface area contributed by atoms with Crippen molar-refractivity contribution in [2.24, 2.45) is 7.05 Å². The molecule has 8 nitrogen and oxygen atoms in total. The Labute approximate surface area is 187 Å². The highest BCUT2D eigenvalue weighted by Crippen LogP contribution is 2.37. The van der Waals surface area contributed by atoms with Crippen LogP contribution in [0.3, 0.4) is 0 Å². The summed E-state index contributed by atoms with van der Waals surface area (Å²) in [5, 5.41) is 32.9. The lowest BCUT2D eigenvalue weighted by Crippen LogP contribution is -2.58. The Hall–Kier alpha value is -3.26. The second-order valence-electron chi connectivity index (χ2n) is 10.2. The summed E-state index contributed by atoms with van der Waals surface area (Å²) in [5.74, 6) is 0.161. The normalized spacial score (nSPS) is 18.3. The number of fused-ring (bicyclic) bond motifs is 1. The Kier molecular flexibility index (Phi) is 4.60. The fourth-order valence-corrected chi connectivity index (χ4v) is 5.13. The number of hydrogen-bond donors (Lipinski definition) is 2. The number of rotatable bonds is 3. The number of nitrogens with one attached hydrogen (secondary N) is 1. The van der Waals surface area contributed by atoms with Crippen LogP contribution in [0.25, 0.3) is 33.4 Å². The number of aromatic hydroxyl groups is 1. The van der Waals surface area contributed by atoms with Crippen LogP contribution in [0.15, 0.2) is 42.9 Å². The van der Waals surface area contributed by atoms with Crippen LogP contribution in [0, 0.1) is 0 Å². The Morgan fingerprint density at radius 3 is 2.41 bits per heavy atom. The van der Waals surface area contributed by atoms with E-state index in [2.05, 4.69) is 54.5 Å². The molecule has 166 valence electrons. The minimum Gasteiger partial charge on any atom is -0.507 e. The van der Waals surface area contributed by atoms with Crippen LogP contribution in [0.5, 0.6) is 5.75 Å². The molecule has 0 atom stereocenters. The van der Waals surface area contributed by atoms with Crippen LogP contribution < -0.4 is 5.32 Å². The first-order valence-corrected chi connectivity index (χ1v) is 10.9. The second kappa shape index (κ2) is 7.13. The van der Waals surface area contributed by atoms with Gasteiger partial charge in [-0.3, -0.25) is 9.36 Å². The molecule has 4 heterocycles. The summed E-state index contributed by atoms with van der Waals surface area (Å²) in [6.45, 7) is 8.94. The van der Waals surface area contributed by atoms with Crippen LogP contribution in [-0.2, 0) is 7.05 Å². The van der Waals surface area contributed by atoms with Crippen LogP contribution >= 0.6 is 0 Å². The molecule has 0 aliphatic carbocycles. The molecule has 1 aliphatic rings. The summed E-state index contributed by atoms with van der Waals surface area (Å²) in [5.41, 5.74) is 3.80. The van der Waals surface area contributed by atoms with Gasteiger partial charge in [0, 0.05) is 47.0 Å². The van der Waals surface area contributed by atoms with Gasteiger partial charge in [0.25, 0.3) is 0 Å². The SMILES string of the molecule is Cn1cc(-c2ccc(-c3cc4cn(C5CC(C)(C)NC(C)(C)C5)nc4nn3)c(O)c2)cn1. The van der Waals surface area contributed by atoms with Gasteiger partial charge in [0.2, 0.25) is 5.65 Å². The number of nitrogens with zero attached hydrogens (tertiary/aromatic N) is 6. The van der Waals surface area contributed by atoms with E-state index in [1.165, 1.54) is 0 Å². The highest BCUT2D eigenvalue weighted by atomic mass is 16.3. The Morgan fingerprint density at radius 1 is 1.00 bits per heavy atom. The first kappa shape index (κ1) is 20.6. The zero-order chi connectivity index (χ0) is 22.7. The van der Waals surface area contributed by atoms with E-state index in [4.69, 9.17) is 5.10 Å². The molecule has 0 bridgehead atoms. The summed E-state index contributed by atoms with van der Waals surface area (Å²) < 4.78 is 3.78. The molecule has 0 saturated carbocycles. The first-order chi connectivity index (χ1) is 15.1. The highest BCUT2D eigenvalue weighted by molar-refractivity contribution is 5.81. The molecular weight excluding hydrogens is 402 g/mol. The van der Waals surface area contributed by atoms with Crippen molar-refractivity contribution in [2.75, 3.05) is 0 Å². The maximum Gasteiger partial charge on any atom is 0.203 e. The fourth-order valence-electron chi connectivity index (χ4n) is 5.13. The maximum atomic E-state index is 10.7. The van der Waals surface area contributed by atoms with E-state index in [0.29, 0.717) is 16.9 Å². The predicted molar refractivity (Wildman–Crippen MR) is 124 cm³/mol. The average Bonchev–Trinajstić information content (AvgIpc) is 3.31. The number of phenolic OH excluding ortho intramolecular Hbond substituents is 1. The van der Waals surface area contributed by atoms with E-state index in [1.807, 2.05) is 36.1 Å². The molecule has 0 unspecified atom stereocenters. The van der Waals surface area contributed by atoms with Gasteiger partial charge in [0.15, 0.2) is 0 Å².